The summed E-state index contributed by atoms with van der Waals surface area (Å²) in [4.78, 5) is 4.86. The highest BCUT2D eigenvalue weighted by atomic mass is 16.5. The summed E-state index contributed by atoms with van der Waals surface area (Å²) < 4.78 is 8.43. The van der Waals surface area contributed by atoms with E-state index < -0.39 is 0 Å². The fraction of sp³-hybridized carbons (Fsp3) is 0.143. The van der Waals surface area contributed by atoms with Crippen molar-refractivity contribution in [2.24, 2.45) is 7.05 Å². The van der Waals surface area contributed by atoms with Crippen LogP contribution in [0.25, 0.3) is 33.1 Å². The highest BCUT2D eigenvalue weighted by molar-refractivity contribution is 6.04. The molecule has 1 aliphatic rings. The van der Waals surface area contributed by atoms with Crippen molar-refractivity contribution in [3.8, 4) is 22.9 Å². The van der Waals surface area contributed by atoms with Gasteiger partial charge in [0, 0.05) is 11.5 Å². The van der Waals surface area contributed by atoms with Crippen molar-refractivity contribution in [2.45, 2.75) is 13.8 Å². The van der Waals surface area contributed by atoms with E-state index in [9.17, 15) is 0 Å². The molecule has 0 spiro atoms. The van der Waals surface area contributed by atoms with Gasteiger partial charge in [-0.15, -0.1) is 0 Å². The molecule has 0 saturated heterocycles. The molecule has 1 aliphatic heterocycles. The van der Waals surface area contributed by atoms with Gasteiger partial charge in [0.05, 0.1) is 5.56 Å². The first-order valence-electron chi connectivity index (χ1n) is 8.15. The molecular formula is C21H17N2O+. The van der Waals surface area contributed by atoms with Crippen molar-refractivity contribution in [1.29, 1.82) is 0 Å². The van der Waals surface area contributed by atoms with E-state index in [2.05, 4.69) is 61.9 Å². The van der Waals surface area contributed by atoms with Gasteiger partial charge < -0.3 is 4.74 Å². The number of benzene rings is 3. The van der Waals surface area contributed by atoms with Crippen LogP contribution in [0, 0.1) is 13.8 Å². The third-order valence-electron chi connectivity index (χ3n) is 4.99. The second-order valence-electron chi connectivity index (χ2n) is 6.48. The van der Waals surface area contributed by atoms with E-state index in [-0.39, 0.29) is 0 Å². The van der Waals surface area contributed by atoms with Gasteiger partial charge in [0.15, 0.2) is 0 Å². The Labute approximate surface area is 140 Å². The van der Waals surface area contributed by atoms with E-state index in [4.69, 9.17) is 9.72 Å². The van der Waals surface area contributed by atoms with E-state index >= 15 is 0 Å². The monoisotopic (exact) mass is 313 g/mol. The normalized spacial score (nSPS) is 12.3. The van der Waals surface area contributed by atoms with Crippen LogP contribution in [0.2, 0.25) is 0 Å². The predicted octanol–water partition coefficient (Wildman–Crippen LogP) is 4.60. The van der Waals surface area contributed by atoms with E-state index in [0.29, 0.717) is 5.88 Å². The molecule has 5 rings (SSSR count). The van der Waals surface area contributed by atoms with Crippen LogP contribution in [-0.2, 0) is 7.05 Å². The fourth-order valence-corrected chi connectivity index (χ4v) is 3.77. The minimum absolute atomic E-state index is 0.689. The predicted molar refractivity (Wildman–Crippen MR) is 95.4 cm³/mol. The third-order valence-corrected chi connectivity index (χ3v) is 4.99. The zero-order chi connectivity index (χ0) is 16.4. The van der Waals surface area contributed by atoms with Crippen LogP contribution in [0.3, 0.4) is 0 Å². The minimum atomic E-state index is 0.689. The molecular weight excluding hydrogens is 296 g/mol. The Bertz CT molecular complexity index is 1160. The van der Waals surface area contributed by atoms with Gasteiger partial charge >= 0.3 is 0 Å². The number of hydrogen-bond acceptors (Lipinski definition) is 2. The first-order chi connectivity index (χ1) is 11.6. The third kappa shape index (κ3) is 1.61. The zero-order valence-electron chi connectivity index (χ0n) is 13.9. The SMILES string of the molecule is Cc1ccc2cccc3c2c1-c1c(nc2c(C)cccc2[n+]1C)O3. The molecule has 0 aliphatic carbocycles. The number of rotatable bonds is 0. The Kier molecular flexibility index (Phi) is 2.55. The second-order valence-corrected chi connectivity index (χ2v) is 6.48. The van der Waals surface area contributed by atoms with E-state index in [1.807, 2.05) is 12.1 Å². The van der Waals surface area contributed by atoms with E-state index in [0.717, 1.165) is 28.0 Å². The Balaban J connectivity index is 2.02. The van der Waals surface area contributed by atoms with Crippen molar-refractivity contribution < 1.29 is 9.30 Å². The van der Waals surface area contributed by atoms with Crippen LogP contribution >= 0.6 is 0 Å². The highest BCUT2D eigenvalue weighted by Gasteiger charge is 2.32. The summed E-state index contributed by atoms with van der Waals surface area (Å²) in [5.74, 6) is 1.58. The van der Waals surface area contributed by atoms with E-state index in [1.54, 1.807) is 0 Å². The second kappa shape index (κ2) is 4.54. The van der Waals surface area contributed by atoms with Gasteiger partial charge in [-0.1, -0.05) is 36.4 Å². The molecule has 0 amide bonds. The molecule has 1 aromatic heterocycles. The van der Waals surface area contributed by atoms with Crippen molar-refractivity contribution >= 4 is 21.8 Å². The van der Waals surface area contributed by atoms with Gasteiger partial charge in [-0.25, -0.2) is 4.98 Å². The molecule has 0 N–H and O–H groups in total. The smallest absolute Gasteiger partial charge is 0.294 e. The molecule has 0 saturated carbocycles. The van der Waals surface area contributed by atoms with Gasteiger partial charge in [0.25, 0.3) is 11.6 Å². The molecule has 116 valence electrons. The molecule has 3 aromatic carbocycles. The van der Waals surface area contributed by atoms with Gasteiger partial charge in [-0.05, 0) is 36.4 Å². The number of para-hydroxylation sites is 1. The van der Waals surface area contributed by atoms with Crippen molar-refractivity contribution in [2.75, 3.05) is 0 Å². The average molecular weight is 313 g/mol. The van der Waals surface area contributed by atoms with Crippen LogP contribution < -0.4 is 9.30 Å². The van der Waals surface area contributed by atoms with Crippen molar-refractivity contribution in [3.05, 3.63) is 59.7 Å². The number of aryl methyl sites for hydroxylation is 3. The zero-order valence-corrected chi connectivity index (χ0v) is 13.9. The Hall–Kier alpha value is -2.94. The van der Waals surface area contributed by atoms with E-state index in [1.165, 1.54) is 21.9 Å². The maximum atomic E-state index is 6.22. The maximum Gasteiger partial charge on any atom is 0.294 e. The standard InChI is InChI=1S/C21H17N2O/c1-12-10-11-14-7-5-9-16-18(14)17(12)20-21(24-16)22-19-13(2)6-4-8-15(19)23(20)3/h4-11H,1-3H3/q+1. The molecule has 0 bridgehead atoms. The molecule has 0 unspecified atom stereocenters. The quantitative estimate of drug-likeness (QED) is 0.390. The van der Waals surface area contributed by atoms with Gasteiger partial charge in [0.2, 0.25) is 5.52 Å². The molecule has 24 heavy (non-hydrogen) atoms. The minimum Gasteiger partial charge on any atom is -0.433 e. The van der Waals surface area contributed by atoms with Gasteiger partial charge in [-0.2, -0.15) is 4.57 Å². The lowest BCUT2D eigenvalue weighted by atomic mass is 9.94. The van der Waals surface area contributed by atoms with Crippen molar-refractivity contribution in [1.82, 2.24) is 4.98 Å². The molecule has 0 fully saturated rings. The summed E-state index contributed by atoms with van der Waals surface area (Å²) in [7, 11) is 2.10. The number of fused-ring (bicyclic) bond motifs is 3. The summed E-state index contributed by atoms with van der Waals surface area (Å²) in [6.45, 7) is 4.24. The summed E-state index contributed by atoms with van der Waals surface area (Å²) in [5.41, 5.74) is 6.78. The number of ether oxygens (including phenoxy) is 1. The Morgan fingerprint density at radius 2 is 1.75 bits per heavy atom. The topological polar surface area (TPSA) is 26.0 Å². The summed E-state index contributed by atoms with van der Waals surface area (Å²) in [6.07, 6.45) is 0. The molecule has 4 aromatic rings. The lowest BCUT2D eigenvalue weighted by Crippen LogP contribution is -2.34. The summed E-state index contributed by atoms with van der Waals surface area (Å²) in [5, 5.41) is 2.37. The van der Waals surface area contributed by atoms with Crippen LogP contribution in [0.1, 0.15) is 11.1 Å². The molecule has 3 heteroatoms. The highest BCUT2D eigenvalue weighted by Crippen LogP contribution is 2.45. The maximum absolute atomic E-state index is 6.22. The van der Waals surface area contributed by atoms with Crippen LogP contribution in [0.15, 0.2) is 48.5 Å². The molecule has 2 heterocycles. The van der Waals surface area contributed by atoms with Crippen molar-refractivity contribution in [3.63, 3.8) is 0 Å². The average Bonchev–Trinajstić information content (AvgIpc) is 2.58. The number of aromatic nitrogens is 2. The van der Waals surface area contributed by atoms with Gasteiger partial charge in [-0.3, -0.25) is 0 Å². The Morgan fingerprint density at radius 3 is 2.62 bits per heavy atom. The summed E-state index contributed by atoms with van der Waals surface area (Å²) in [6, 6.07) is 16.8. The van der Waals surface area contributed by atoms with Gasteiger partial charge in [0.1, 0.15) is 18.3 Å². The first-order valence-corrected chi connectivity index (χ1v) is 8.15. The molecule has 3 nitrogen and oxygen atoms in total. The Morgan fingerprint density at radius 1 is 0.917 bits per heavy atom. The summed E-state index contributed by atoms with van der Waals surface area (Å²) >= 11 is 0. The van der Waals surface area contributed by atoms with Crippen LogP contribution in [0.4, 0.5) is 0 Å². The number of nitrogens with zero attached hydrogens (tertiary/aromatic N) is 2. The lowest BCUT2D eigenvalue weighted by molar-refractivity contribution is -0.634. The first kappa shape index (κ1) is 13.5. The largest absolute Gasteiger partial charge is 0.433 e. The van der Waals surface area contributed by atoms with Crippen LogP contribution in [0.5, 0.6) is 11.6 Å². The lowest BCUT2D eigenvalue weighted by Gasteiger charge is -2.20. The molecule has 0 radical (unpaired) electrons. The fourth-order valence-electron chi connectivity index (χ4n) is 3.77. The number of hydrogen-bond donors (Lipinski definition) is 0. The molecule has 0 atom stereocenters. The van der Waals surface area contributed by atoms with Crippen LogP contribution in [-0.4, -0.2) is 4.98 Å².